The lowest BCUT2D eigenvalue weighted by Gasteiger charge is -2.28. The summed E-state index contributed by atoms with van der Waals surface area (Å²) in [6.07, 6.45) is 0.662. The maximum Gasteiger partial charge on any atom is 0.407 e. The van der Waals surface area contributed by atoms with Gasteiger partial charge in [-0.05, 0) is 64.8 Å². The molecule has 1 aliphatic rings. The first kappa shape index (κ1) is 20.4. The minimum Gasteiger partial charge on any atom is -0.481 e. The van der Waals surface area contributed by atoms with Gasteiger partial charge in [0.2, 0.25) is 0 Å². The molecule has 0 aromatic heterocycles. The molecule has 144 valence electrons. The van der Waals surface area contributed by atoms with Gasteiger partial charge in [0.15, 0.2) is 6.10 Å². The lowest BCUT2D eigenvalue weighted by atomic mass is 10.2. The second kappa shape index (κ2) is 8.62. The third kappa shape index (κ3) is 6.09. The molecule has 1 N–H and O–H groups in total. The first-order valence-electron chi connectivity index (χ1n) is 8.85. The third-order valence-electron chi connectivity index (χ3n) is 4.02. The highest BCUT2D eigenvalue weighted by Gasteiger charge is 2.32. The van der Waals surface area contributed by atoms with E-state index in [4.69, 9.17) is 21.1 Å². The van der Waals surface area contributed by atoms with Gasteiger partial charge in [-0.3, -0.25) is 4.79 Å². The number of ether oxygens (including phenoxy) is 2. The number of benzene rings is 1. The highest BCUT2D eigenvalue weighted by molar-refractivity contribution is 6.30. The number of nitrogens with zero attached hydrogens (tertiary/aromatic N) is 1. The quantitative estimate of drug-likeness (QED) is 0.844. The first-order valence-corrected chi connectivity index (χ1v) is 9.23. The molecule has 0 saturated carbocycles. The molecule has 6 nitrogen and oxygen atoms in total. The van der Waals surface area contributed by atoms with Crippen molar-refractivity contribution >= 4 is 23.6 Å². The van der Waals surface area contributed by atoms with Crippen LogP contribution >= 0.6 is 11.6 Å². The monoisotopic (exact) mass is 382 g/mol. The number of hydrogen-bond acceptors (Lipinski definition) is 4. The summed E-state index contributed by atoms with van der Waals surface area (Å²) >= 11 is 5.86. The molecule has 2 rings (SSSR count). The zero-order valence-electron chi connectivity index (χ0n) is 15.8. The molecule has 1 saturated heterocycles. The normalized spacial score (nSPS) is 18.3. The molecular formula is C19H27ClN2O4. The van der Waals surface area contributed by atoms with E-state index in [1.54, 1.807) is 36.1 Å². The fourth-order valence-electron chi connectivity index (χ4n) is 2.85. The Balaban J connectivity index is 1.88. The van der Waals surface area contributed by atoms with Crippen molar-refractivity contribution in [3.63, 3.8) is 0 Å². The summed E-state index contributed by atoms with van der Waals surface area (Å²) in [4.78, 5) is 26.3. The van der Waals surface area contributed by atoms with Crippen LogP contribution in [0, 0.1) is 0 Å². The van der Waals surface area contributed by atoms with Crippen LogP contribution in [0.25, 0.3) is 0 Å². The van der Waals surface area contributed by atoms with E-state index in [2.05, 4.69) is 5.32 Å². The number of carbonyl (C=O) groups is 2. The van der Waals surface area contributed by atoms with E-state index in [0.29, 0.717) is 23.9 Å². The largest absolute Gasteiger partial charge is 0.481 e. The van der Waals surface area contributed by atoms with Crippen LogP contribution in [-0.4, -0.2) is 47.7 Å². The van der Waals surface area contributed by atoms with Gasteiger partial charge < -0.3 is 19.7 Å². The van der Waals surface area contributed by atoms with Gasteiger partial charge in [-0.25, -0.2) is 4.79 Å². The molecule has 1 aromatic rings. The summed E-state index contributed by atoms with van der Waals surface area (Å²) in [5.74, 6) is 0.506. The Hall–Kier alpha value is -1.95. The number of hydrogen-bond donors (Lipinski definition) is 1. The molecule has 1 aliphatic heterocycles. The smallest absolute Gasteiger partial charge is 0.407 e. The predicted octanol–water partition coefficient (Wildman–Crippen LogP) is 3.62. The molecule has 0 aliphatic carbocycles. The van der Waals surface area contributed by atoms with E-state index in [-0.39, 0.29) is 11.9 Å². The third-order valence-corrected chi connectivity index (χ3v) is 4.27. The molecule has 1 aromatic carbocycles. The van der Waals surface area contributed by atoms with Gasteiger partial charge in [0.1, 0.15) is 11.4 Å². The van der Waals surface area contributed by atoms with Crippen molar-refractivity contribution in [2.24, 2.45) is 0 Å². The maximum absolute atomic E-state index is 12.7. The molecule has 1 fully saturated rings. The predicted molar refractivity (Wildman–Crippen MR) is 101 cm³/mol. The second-order valence-corrected chi connectivity index (χ2v) is 7.86. The number of alkyl carbamates (subject to hydrolysis) is 1. The van der Waals surface area contributed by atoms with E-state index in [1.165, 1.54) is 0 Å². The molecule has 1 heterocycles. The summed E-state index contributed by atoms with van der Waals surface area (Å²) in [6.45, 7) is 8.20. The Labute approximate surface area is 159 Å². The maximum atomic E-state index is 12.7. The van der Waals surface area contributed by atoms with E-state index >= 15 is 0 Å². The van der Waals surface area contributed by atoms with Gasteiger partial charge in [0, 0.05) is 24.2 Å². The van der Waals surface area contributed by atoms with Crippen LogP contribution in [0.4, 0.5) is 4.79 Å². The van der Waals surface area contributed by atoms with Crippen molar-refractivity contribution in [3.8, 4) is 5.75 Å². The first-order chi connectivity index (χ1) is 12.2. The van der Waals surface area contributed by atoms with E-state index in [9.17, 15) is 9.59 Å². The van der Waals surface area contributed by atoms with Gasteiger partial charge in [-0.2, -0.15) is 0 Å². The van der Waals surface area contributed by atoms with Crippen LogP contribution in [0.2, 0.25) is 5.02 Å². The van der Waals surface area contributed by atoms with Crippen LogP contribution in [0.1, 0.15) is 40.5 Å². The van der Waals surface area contributed by atoms with E-state index < -0.39 is 17.8 Å². The van der Waals surface area contributed by atoms with Crippen molar-refractivity contribution < 1.29 is 19.1 Å². The van der Waals surface area contributed by atoms with Crippen LogP contribution < -0.4 is 10.1 Å². The Kier molecular flexibility index (Phi) is 6.75. The Bertz CT molecular complexity index is 627. The number of amides is 2. The minimum absolute atomic E-state index is 0.0497. The molecule has 0 bridgehead atoms. The molecule has 0 unspecified atom stereocenters. The SMILES string of the molecule is C[C@@H](Oc1ccc(Cl)cc1)C(=O)N1CCC[C@H]1CNC(=O)OC(C)(C)C. The zero-order valence-corrected chi connectivity index (χ0v) is 16.5. The summed E-state index contributed by atoms with van der Waals surface area (Å²) in [5.41, 5.74) is -0.545. The number of halogens is 1. The van der Waals surface area contributed by atoms with Crippen LogP contribution in [-0.2, 0) is 9.53 Å². The van der Waals surface area contributed by atoms with Gasteiger partial charge in [0.05, 0.1) is 0 Å². The van der Waals surface area contributed by atoms with Crippen molar-refractivity contribution in [3.05, 3.63) is 29.3 Å². The molecule has 2 atom stereocenters. The lowest BCUT2D eigenvalue weighted by Crippen LogP contribution is -2.48. The molecule has 2 amide bonds. The Morgan fingerprint density at radius 2 is 1.96 bits per heavy atom. The number of carbonyl (C=O) groups excluding carboxylic acids is 2. The summed E-state index contributed by atoms with van der Waals surface area (Å²) in [7, 11) is 0. The molecular weight excluding hydrogens is 356 g/mol. The van der Waals surface area contributed by atoms with Crippen molar-refractivity contribution in [2.45, 2.75) is 58.3 Å². The van der Waals surface area contributed by atoms with Crippen molar-refractivity contribution in [1.29, 1.82) is 0 Å². The topological polar surface area (TPSA) is 67.9 Å². The molecule has 26 heavy (non-hydrogen) atoms. The highest BCUT2D eigenvalue weighted by Crippen LogP contribution is 2.21. The van der Waals surface area contributed by atoms with Crippen LogP contribution in [0.3, 0.4) is 0 Å². The fraction of sp³-hybridized carbons (Fsp3) is 0.579. The standard InChI is InChI=1S/C19H27ClN2O4/c1-13(25-16-9-7-14(20)8-10-16)17(23)22-11-5-6-15(22)12-21-18(24)26-19(2,3)4/h7-10,13,15H,5-6,11-12H2,1-4H3,(H,21,24)/t13-,15+/m1/s1. The molecule has 0 spiro atoms. The summed E-state index contributed by atoms with van der Waals surface area (Å²) < 4.78 is 11.0. The lowest BCUT2D eigenvalue weighted by molar-refractivity contribution is -0.138. The van der Waals surface area contributed by atoms with Crippen LogP contribution in [0.15, 0.2) is 24.3 Å². The van der Waals surface area contributed by atoms with E-state index in [0.717, 1.165) is 12.8 Å². The average molecular weight is 383 g/mol. The molecule has 7 heteroatoms. The van der Waals surface area contributed by atoms with Crippen LogP contribution in [0.5, 0.6) is 5.75 Å². The summed E-state index contributed by atoms with van der Waals surface area (Å²) in [5, 5.41) is 3.37. The van der Waals surface area contributed by atoms with Gasteiger partial charge in [-0.15, -0.1) is 0 Å². The zero-order chi connectivity index (χ0) is 19.3. The Morgan fingerprint density at radius 1 is 1.31 bits per heavy atom. The highest BCUT2D eigenvalue weighted by atomic mass is 35.5. The number of rotatable bonds is 5. The van der Waals surface area contributed by atoms with Crippen molar-refractivity contribution in [1.82, 2.24) is 10.2 Å². The van der Waals surface area contributed by atoms with Gasteiger partial charge >= 0.3 is 6.09 Å². The van der Waals surface area contributed by atoms with E-state index in [1.807, 2.05) is 20.8 Å². The Morgan fingerprint density at radius 3 is 2.58 bits per heavy atom. The number of likely N-dealkylation sites (tertiary alicyclic amines) is 1. The minimum atomic E-state index is -0.613. The van der Waals surface area contributed by atoms with Gasteiger partial charge in [0.25, 0.3) is 5.91 Å². The molecule has 0 radical (unpaired) electrons. The van der Waals surface area contributed by atoms with Crippen molar-refractivity contribution in [2.75, 3.05) is 13.1 Å². The fourth-order valence-corrected chi connectivity index (χ4v) is 2.98. The van der Waals surface area contributed by atoms with Gasteiger partial charge in [-0.1, -0.05) is 11.6 Å². The average Bonchev–Trinajstić information content (AvgIpc) is 3.01. The number of nitrogens with one attached hydrogen (secondary N) is 1. The summed E-state index contributed by atoms with van der Waals surface area (Å²) in [6, 6.07) is 6.86. The second-order valence-electron chi connectivity index (χ2n) is 7.42.